The van der Waals surface area contributed by atoms with Crippen molar-refractivity contribution in [3.05, 3.63) is 23.1 Å². The summed E-state index contributed by atoms with van der Waals surface area (Å²) in [5, 5.41) is 0.427. The van der Waals surface area contributed by atoms with E-state index in [0.717, 1.165) is 18.1 Å². The summed E-state index contributed by atoms with van der Waals surface area (Å²) < 4.78 is 5.21. The predicted octanol–water partition coefficient (Wildman–Crippen LogP) is 3.15. The summed E-state index contributed by atoms with van der Waals surface area (Å²) in [6.07, 6.45) is 3.67. The van der Waals surface area contributed by atoms with E-state index >= 15 is 0 Å². The van der Waals surface area contributed by atoms with Crippen LogP contribution in [0.15, 0.2) is 16.5 Å². The van der Waals surface area contributed by atoms with Crippen molar-refractivity contribution in [2.75, 3.05) is 0 Å². The van der Waals surface area contributed by atoms with Gasteiger partial charge in [0, 0.05) is 0 Å². The minimum atomic E-state index is 0. The summed E-state index contributed by atoms with van der Waals surface area (Å²) >= 11 is 5.63. The van der Waals surface area contributed by atoms with E-state index in [-0.39, 0.29) is 18.4 Å². The van der Waals surface area contributed by atoms with Gasteiger partial charge in [-0.25, -0.2) is 0 Å². The van der Waals surface area contributed by atoms with Crippen molar-refractivity contribution in [2.45, 2.75) is 25.3 Å². The Morgan fingerprint density at radius 2 is 2.23 bits per heavy atom. The van der Waals surface area contributed by atoms with Crippen LogP contribution in [0.25, 0.3) is 0 Å². The lowest BCUT2D eigenvalue weighted by Crippen LogP contribution is -2.09. The van der Waals surface area contributed by atoms with Crippen LogP contribution in [-0.4, -0.2) is 0 Å². The third kappa shape index (κ3) is 2.90. The molecule has 0 unspecified atom stereocenters. The van der Waals surface area contributed by atoms with Crippen LogP contribution in [-0.2, 0) is 0 Å². The zero-order chi connectivity index (χ0) is 8.55. The molecule has 1 fully saturated rings. The van der Waals surface area contributed by atoms with Crippen molar-refractivity contribution in [2.24, 2.45) is 11.7 Å². The maximum atomic E-state index is 5.90. The Morgan fingerprint density at radius 3 is 2.69 bits per heavy atom. The van der Waals surface area contributed by atoms with Crippen molar-refractivity contribution in [3.63, 3.8) is 0 Å². The van der Waals surface area contributed by atoms with Crippen LogP contribution in [0.1, 0.15) is 31.1 Å². The molecular weight excluding hydrogens is 209 g/mol. The average molecular weight is 222 g/mol. The Hall–Kier alpha value is -0.180. The summed E-state index contributed by atoms with van der Waals surface area (Å²) in [5.41, 5.74) is 5.90. The second-order valence-corrected chi connectivity index (χ2v) is 3.80. The fraction of sp³-hybridized carbons (Fsp3) is 0.556. The highest BCUT2D eigenvalue weighted by atomic mass is 35.5. The van der Waals surface area contributed by atoms with Crippen molar-refractivity contribution >= 4 is 24.0 Å². The summed E-state index contributed by atoms with van der Waals surface area (Å²) in [6, 6.07) is 3.63. The van der Waals surface area contributed by atoms with Crippen LogP contribution in [0.5, 0.6) is 0 Å². The second-order valence-electron chi connectivity index (χ2n) is 3.43. The molecule has 2 rings (SSSR count). The van der Waals surface area contributed by atoms with Gasteiger partial charge in [-0.2, -0.15) is 0 Å². The van der Waals surface area contributed by atoms with Crippen molar-refractivity contribution in [1.82, 2.24) is 0 Å². The fourth-order valence-electron chi connectivity index (χ4n) is 1.36. The van der Waals surface area contributed by atoms with Gasteiger partial charge in [-0.05, 0) is 36.1 Å². The zero-order valence-corrected chi connectivity index (χ0v) is 8.77. The van der Waals surface area contributed by atoms with Gasteiger partial charge in [0.2, 0.25) is 0 Å². The predicted molar refractivity (Wildman–Crippen MR) is 55.2 cm³/mol. The molecule has 0 aliphatic heterocycles. The lowest BCUT2D eigenvalue weighted by molar-refractivity contribution is 0.441. The molecule has 0 radical (unpaired) electrons. The molecule has 13 heavy (non-hydrogen) atoms. The van der Waals surface area contributed by atoms with Gasteiger partial charge in [-0.3, -0.25) is 0 Å². The first kappa shape index (κ1) is 10.9. The fourth-order valence-corrected chi connectivity index (χ4v) is 1.51. The summed E-state index contributed by atoms with van der Waals surface area (Å²) in [6.45, 7) is 0. The highest BCUT2D eigenvalue weighted by Gasteiger charge is 2.25. The van der Waals surface area contributed by atoms with Crippen LogP contribution in [0, 0.1) is 5.92 Å². The monoisotopic (exact) mass is 221 g/mol. The standard InChI is InChI=1S/C9H12ClNO.ClH/c10-9-4-3-8(12-9)7(11)5-6-1-2-6;/h3-4,6-7H,1-2,5,11H2;1H/t7-;/m0./s1. The molecule has 1 aromatic rings. The van der Waals surface area contributed by atoms with Crippen LogP contribution in [0.4, 0.5) is 0 Å². The van der Waals surface area contributed by atoms with E-state index in [9.17, 15) is 0 Å². The molecule has 74 valence electrons. The Bertz CT molecular complexity index is 270. The first-order valence-electron chi connectivity index (χ1n) is 4.26. The van der Waals surface area contributed by atoms with E-state index in [2.05, 4.69) is 0 Å². The third-order valence-electron chi connectivity index (χ3n) is 2.24. The highest BCUT2D eigenvalue weighted by Crippen LogP contribution is 2.37. The zero-order valence-electron chi connectivity index (χ0n) is 7.20. The van der Waals surface area contributed by atoms with E-state index < -0.39 is 0 Å². The number of halogens is 2. The molecule has 1 aliphatic rings. The average Bonchev–Trinajstić information content (AvgIpc) is 2.72. The van der Waals surface area contributed by atoms with E-state index in [1.165, 1.54) is 12.8 Å². The second kappa shape index (κ2) is 4.36. The van der Waals surface area contributed by atoms with Crippen LogP contribution in [0.3, 0.4) is 0 Å². The molecular formula is C9H13Cl2NO. The van der Waals surface area contributed by atoms with Gasteiger partial charge in [-0.1, -0.05) is 12.8 Å². The smallest absolute Gasteiger partial charge is 0.193 e. The normalized spacial score (nSPS) is 18.0. The van der Waals surface area contributed by atoms with Crippen molar-refractivity contribution in [1.29, 1.82) is 0 Å². The van der Waals surface area contributed by atoms with Gasteiger partial charge in [-0.15, -0.1) is 12.4 Å². The molecule has 0 amide bonds. The van der Waals surface area contributed by atoms with Crippen LogP contribution < -0.4 is 5.73 Å². The van der Waals surface area contributed by atoms with E-state index in [0.29, 0.717) is 5.22 Å². The molecule has 0 saturated heterocycles. The SMILES string of the molecule is Cl.N[C@@H](CC1CC1)c1ccc(Cl)o1. The molecule has 0 aromatic carbocycles. The van der Waals surface area contributed by atoms with E-state index in [4.69, 9.17) is 21.8 Å². The molecule has 1 atom stereocenters. The van der Waals surface area contributed by atoms with Gasteiger partial charge in [0.25, 0.3) is 0 Å². The Labute approximate surface area is 88.8 Å². The highest BCUT2D eigenvalue weighted by molar-refractivity contribution is 6.28. The quantitative estimate of drug-likeness (QED) is 0.853. The number of furan rings is 1. The largest absolute Gasteiger partial charge is 0.448 e. The van der Waals surface area contributed by atoms with Gasteiger partial charge in [0.05, 0.1) is 6.04 Å². The lowest BCUT2D eigenvalue weighted by atomic mass is 10.1. The summed E-state index contributed by atoms with van der Waals surface area (Å²) in [5.74, 6) is 1.63. The molecule has 1 aliphatic carbocycles. The van der Waals surface area contributed by atoms with Crippen molar-refractivity contribution < 1.29 is 4.42 Å². The molecule has 2 N–H and O–H groups in total. The van der Waals surface area contributed by atoms with Gasteiger partial charge < -0.3 is 10.2 Å². The third-order valence-corrected chi connectivity index (χ3v) is 2.45. The maximum absolute atomic E-state index is 5.90. The lowest BCUT2D eigenvalue weighted by Gasteiger charge is -2.06. The van der Waals surface area contributed by atoms with E-state index in [1.54, 1.807) is 6.07 Å². The molecule has 1 heterocycles. The Kier molecular flexibility index (Phi) is 3.65. The number of rotatable bonds is 3. The van der Waals surface area contributed by atoms with Crippen LogP contribution in [0.2, 0.25) is 5.22 Å². The number of nitrogens with two attached hydrogens (primary N) is 1. The first-order chi connectivity index (χ1) is 5.75. The molecule has 1 saturated carbocycles. The minimum absolute atomic E-state index is 0. The summed E-state index contributed by atoms with van der Waals surface area (Å²) in [7, 11) is 0. The number of hydrogen-bond acceptors (Lipinski definition) is 2. The molecule has 1 aromatic heterocycles. The minimum Gasteiger partial charge on any atom is -0.448 e. The molecule has 4 heteroatoms. The van der Waals surface area contributed by atoms with Crippen molar-refractivity contribution in [3.8, 4) is 0 Å². The van der Waals surface area contributed by atoms with Crippen LogP contribution >= 0.6 is 24.0 Å². The Balaban J connectivity index is 0.000000845. The van der Waals surface area contributed by atoms with Gasteiger partial charge in [0.15, 0.2) is 5.22 Å². The Morgan fingerprint density at radius 1 is 1.54 bits per heavy atom. The number of hydrogen-bond donors (Lipinski definition) is 1. The molecule has 0 bridgehead atoms. The van der Waals surface area contributed by atoms with Gasteiger partial charge in [0.1, 0.15) is 5.76 Å². The van der Waals surface area contributed by atoms with Gasteiger partial charge >= 0.3 is 0 Å². The molecule has 0 spiro atoms. The van der Waals surface area contributed by atoms with E-state index in [1.807, 2.05) is 6.07 Å². The molecule has 2 nitrogen and oxygen atoms in total. The first-order valence-corrected chi connectivity index (χ1v) is 4.64. The summed E-state index contributed by atoms with van der Waals surface area (Å²) in [4.78, 5) is 0. The topological polar surface area (TPSA) is 39.2 Å². The maximum Gasteiger partial charge on any atom is 0.193 e.